The molecule has 1 aromatic carbocycles. The second-order valence-corrected chi connectivity index (χ2v) is 9.03. The van der Waals surface area contributed by atoms with E-state index in [1.165, 1.54) is 19.3 Å². The highest BCUT2D eigenvalue weighted by molar-refractivity contribution is 5.81. The molecule has 0 bridgehead atoms. The minimum atomic E-state index is 0.250. The van der Waals surface area contributed by atoms with Gasteiger partial charge in [-0.2, -0.15) is 0 Å². The predicted molar refractivity (Wildman–Crippen MR) is 122 cm³/mol. The van der Waals surface area contributed by atoms with E-state index in [1.807, 2.05) is 12.1 Å². The third-order valence-electron chi connectivity index (χ3n) is 5.96. The number of carbonyl (C=O) groups is 1. The van der Waals surface area contributed by atoms with E-state index in [9.17, 15) is 4.79 Å². The predicted octanol–water partition coefficient (Wildman–Crippen LogP) is 3.57. The summed E-state index contributed by atoms with van der Waals surface area (Å²) in [4.78, 5) is 19.2. The summed E-state index contributed by atoms with van der Waals surface area (Å²) in [6.45, 7) is 7.31. The van der Waals surface area contributed by atoms with Gasteiger partial charge in [0.25, 0.3) is 0 Å². The molecular formula is C24H38N4O2. The van der Waals surface area contributed by atoms with Crippen molar-refractivity contribution in [3.63, 3.8) is 0 Å². The monoisotopic (exact) mass is 414 g/mol. The Morgan fingerprint density at radius 3 is 2.77 bits per heavy atom. The highest BCUT2D eigenvalue weighted by Gasteiger charge is 2.31. The fourth-order valence-corrected chi connectivity index (χ4v) is 4.27. The van der Waals surface area contributed by atoms with E-state index in [1.54, 1.807) is 7.05 Å². The Balaban J connectivity index is 1.45. The molecule has 1 heterocycles. The first-order valence-corrected chi connectivity index (χ1v) is 11.5. The van der Waals surface area contributed by atoms with E-state index >= 15 is 0 Å². The third-order valence-corrected chi connectivity index (χ3v) is 5.96. The van der Waals surface area contributed by atoms with Crippen LogP contribution in [0.3, 0.4) is 0 Å². The van der Waals surface area contributed by atoms with Gasteiger partial charge >= 0.3 is 0 Å². The number of carbonyl (C=O) groups excluding carboxylic acids is 1. The summed E-state index contributed by atoms with van der Waals surface area (Å²) in [5.41, 5.74) is 1.15. The standard InChI is InChI=1S/C24H38N4O2/c1-18(2)17-30-22-11-7-8-19(14-22)15-26-24(25-3)27-21-12-13-28(16-21)23(29)20-9-5-4-6-10-20/h7-8,11,14,18,20-21H,4-6,9-10,12-13,15-17H2,1-3H3,(H2,25,26,27). The van der Waals surface area contributed by atoms with Crippen molar-refractivity contribution in [2.75, 3.05) is 26.7 Å². The van der Waals surface area contributed by atoms with Crippen LogP contribution in [0, 0.1) is 11.8 Å². The maximum Gasteiger partial charge on any atom is 0.225 e. The van der Waals surface area contributed by atoms with Crippen molar-refractivity contribution in [1.82, 2.24) is 15.5 Å². The number of hydrogen-bond acceptors (Lipinski definition) is 3. The van der Waals surface area contributed by atoms with Crippen LogP contribution in [0.5, 0.6) is 5.75 Å². The summed E-state index contributed by atoms with van der Waals surface area (Å²) in [6, 6.07) is 8.43. The summed E-state index contributed by atoms with van der Waals surface area (Å²) in [5, 5.41) is 6.88. The molecular weight excluding hydrogens is 376 g/mol. The third kappa shape index (κ3) is 6.64. The first kappa shape index (κ1) is 22.4. The molecule has 6 heteroatoms. The zero-order valence-electron chi connectivity index (χ0n) is 18.8. The van der Waals surface area contributed by atoms with Gasteiger partial charge in [0.05, 0.1) is 6.61 Å². The molecule has 1 atom stereocenters. The number of rotatable bonds is 7. The maximum absolute atomic E-state index is 12.8. The lowest BCUT2D eigenvalue weighted by atomic mass is 9.88. The highest BCUT2D eigenvalue weighted by atomic mass is 16.5. The van der Waals surface area contributed by atoms with Crippen molar-refractivity contribution in [3.05, 3.63) is 29.8 Å². The van der Waals surface area contributed by atoms with Crippen molar-refractivity contribution in [2.45, 2.75) is 65.0 Å². The van der Waals surface area contributed by atoms with Gasteiger partial charge in [-0.25, -0.2) is 0 Å². The van der Waals surface area contributed by atoms with Crippen LogP contribution < -0.4 is 15.4 Å². The minimum absolute atomic E-state index is 0.250. The molecule has 2 N–H and O–H groups in total. The fraction of sp³-hybridized carbons (Fsp3) is 0.667. The molecule has 1 unspecified atom stereocenters. The first-order valence-electron chi connectivity index (χ1n) is 11.5. The van der Waals surface area contributed by atoms with Crippen LogP contribution >= 0.6 is 0 Å². The molecule has 2 fully saturated rings. The molecule has 1 saturated heterocycles. The number of ether oxygens (including phenoxy) is 1. The number of nitrogens with one attached hydrogen (secondary N) is 2. The van der Waals surface area contributed by atoms with Gasteiger partial charge in [-0.3, -0.25) is 9.79 Å². The molecule has 1 saturated carbocycles. The number of amides is 1. The quantitative estimate of drug-likeness (QED) is 0.529. The summed E-state index contributed by atoms with van der Waals surface area (Å²) < 4.78 is 5.82. The normalized spacial score (nSPS) is 20.5. The molecule has 0 aromatic heterocycles. The lowest BCUT2D eigenvalue weighted by molar-refractivity contribution is -0.135. The van der Waals surface area contributed by atoms with Gasteiger partial charge in [0.1, 0.15) is 5.75 Å². The Hall–Kier alpha value is -2.24. The molecule has 1 aliphatic carbocycles. The fourth-order valence-electron chi connectivity index (χ4n) is 4.27. The van der Waals surface area contributed by atoms with Gasteiger partial charge in [0, 0.05) is 38.6 Å². The molecule has 6 nitrogen and oxygen atoms in total. The lowest BCUT2D eigenvalue weighted by Crippen LogP contribution is -2.45. The Labute approximate surface area is 181 Å². The van der Waals surface area contributed by atoms with Gasteiger partial charge in [0.15, 0.2) is 5.96 Å². The van der Waals surface area contributed by atoms with Crippen molar-refractivity contribution in [1.29, 1.82) is 0 Å². The first-order chi connectivity index (χ1) is 14.5. The highest BCUT2D eigenvalue weighted by Crippen LogP contribution is 2.26. The van der Waals surface area contributed by atoms with Crippen LogP contribution in [0.2, 0.25) is 0 Å². The summed E-state index contributed by atoms with van der Waals surface area (Å²) in [7, 11) is 1.79. The number of likely N-dealkylation sites (tertiary alicyclic amines) is 1. The van der Waals surface area contributed by atoms with Crippen LogP contribution in [0.4, 0.5) is 0 Å². The van der Waals surface area contributed by atoms with Crippen LogP contribution in [0.1, 0.15) is 57.9 Å². The zero-order chi connectivity index (χ0) is 21.3. The second-order valence-electron chi connectivity index (χ2n) is 9.03. The number of hydrogen-bond donors (Lipinski definition) is 2. The number of nitrogens with zero attached hydrogens (tertiary/aromatic N) is 2. The van der Waals surface area contributed by atoms with Crippen molar-refractivity contribution >= 4 is 11.9 Å². The largest absolute Gasteiger partial charge is 0.493 e. The average Bonchev–Trinajstić information content (AvgIpc) is 3.24. The van der Waals surface area contributed by atoms with E-state index in [-0.39, 0.29) is 12.0 Å². The minimum Gasteiger partial charge on any atom is -0.493 e. The molecule has 1 aromatic rings. The SMILES string of the molecule is CN=C(NCc1cccc(OCC(C)C)c1)NC1CCN(C(=O)C2CCCCC2)C1. The topological polar surface area (TPSA) is 66.0 Å². The Kier molecular flexibility index (Phi) is 8.40. The molecule has 30 heavy (non-hydrogen) atoms. The lowest BCUT2D eigenvalue weighted by Gasteiger charge is -2.26. The summed E-state index contributed by atoms with van der Waals surface area (Å²) >= 11 is 0. The van der Waals surface area contributed by atoms with Crippen LogP contribution in [0.25, 0.3) is 0 Å². The molecule has 1 amide bonds. The van der Waals surface area contributed by atoms with E-state index in [2.05, 4.69) is 46.5 Å². The van der Waals surface area contributed by atoms with Gasteiger partial charge in [0.2, 0.25) is 5.91 Å². The van der Waals surface area contributed by atoms with Crippen LogP contribution in [-0.2, 0) is 11.3 Å². The van der Waals surface area contributed by atoms with Crippen LogP contribution in [-0.4, -0.2) is 49.6 Å². The molecule has 0 spiro atoms. The number of guanidine groups is 1. The maximum atomic E-state index is 12.8. The van der Waals surface area contributed by atoms with Crippen molar-refractivity contribution in [2.24, 2.45) is 16.8 Å². The molecule has 0 radical (unpaired) electrons. The van der Waals surface area contributed by atoms with Crippen molar-refractivity contribution < 1.29 is 9.53 Å². The average molecular weight is 415 g/mol. The van der Waals surface area contributed by atoms with Gasteiger partial charge < -0.3 is 20.3 Å². The Bertz CT molecular complexity index is 713. The molecule has 3 rings (SSSR count). The van der Waals surface area contributed by atoms with Crippen LogP contribution in [0.15, 0.2) is 29.3 Å². The summed E-state index contributed by atoms with van der Waals surface area (Å²) in [6.07, 6.45) is 6.78. The smallest absolute Gasteiger partial charge is 0.225 e. The van der Waals surface area contributed by atoms with Gasteiger partial charge in [-0.1, -0.05) is 45.2 Å². The molecule has 2 aliphatic rings. The Morgan fingerprint density at radius 2 is 2.03 bits per heavy atom. The zero-order valence-corrected chi connectivity index (χ0v) is 18.8. The van der Waals surface area contributed by atoms with E-state index in [0.717, 1.165) is 56.2 Å². The number of benzene rings is 1. The van der Waals surface area contributed by atoms with E-state index in [4.69, 9.17) is 4.74 Å². The number of aliphatic imine (C=N–C) groups is 1. The van der Waals surface area contributed by atoms with E-state index in [0.29, 0.717) is 18.4 Å². The summed E-state index contributed by atoms with van der Waals surface area (Å²) in [5.74, 6) is 2.80. The van der Waals surface area contributed by atoms with Gasteiger partial charge in [-0.15, -0.1) is 0 Å². The Morgan fingerprint density at radius 1 is 1.23 bits per heavy atom. The molecule has 1 aliphatic heterocycles. The van der Waals surface area contributed by atoms with Gasteiger partial charge in [-0.05, 0) is 42.9 Å². The van der Waals surface area contributed by atoms with E-state index < -0.39 is 0 Å². The van der Waals surface area contributed by atoms with Crippen molar-refractivity contribution in [3.8, 4) is 5.75 Å². The molecule has 166 valence electrons. The second kappa shape index (κ2) is 11.2.